The van der Waals surface area contributed by atoms with Crippen LogP contribution < -0.4 is 0 Å². The van der Waals surface area contributed by atoms with E-state index in [0.717, 1.165) is 38.5 Å². The summed E-state index contributed by atoms with van der Waals surface area (Å²) in [6, 6.07) is 0. The molecule has 1 saturated carbocycles. The molecule has 0 aliphatic heterocycles. The summed E-state index contributed by atoms with van der Waals surface area (Å²) in [4.78, 5) is 12.1. The molecule has 1 aliphatic rings. The first kappa shape index (κ1) is 12.7. The smallest absolute Gasteiger partial charge is 0.164 e. The molecule has 0 heterocycles. The second-order valence-corrected chi connectivity index (χ2v) is 4.64. The predicted molar refractivity (Wildman–Crippen MR) is 62.0 cm³/mol. The maximum absolute atomic E-state index is 12.1. The zero-order valence-corrected chi connectivity index (χ0v) is 10.2. The molecule has 0 atom stereocenters. The third-order valence-corrected chi connectivity index (χ3v) is 3.57. The van der Waals surface area contributed by atoms with Gasteiger partial charge >= 0.3 is 0 Å². The molecular formula is C13H24O2. The molecule has 0 aromatic heterocycles. The second-order valence-electron chi connectivity index (χ2n) is 4.64. The lowest BCUT2D eigenvalue weighted by atomic mass is 9.87. The predicted octanol–water partition coefficient (Wildman–Crippen LogP) is 3.49. The highest BCUT2D eigenvalue weighted by Crippen LogP contribution is 2.32. The van der Waals surface area contributed by atoms with Crippen molar-refractivity contribution in [3.63, 3.8) is 0 Å². The highest BCUT2D eigenvalue weighted by molar-refractivity contribution is 5.87. The fourth-order valence-corrected chi connectivity index (χ4v) is 2.46. The number of carbonyl (C=O) groups is 1. The van der Waals surface area contributed by atoms with Gasteiger partial charge in [0, 0.05) is 13.5 Å². The van der Waals surface area contributed by atoms with Gasteiger partial charge in [0.1, 0.15) is 5.60 Å². The number of rotatable bonds is 5. The Labute approximate surface area is 93.4 Å². The van der Waals surface area contributed by atoms with Crippen molar-refractivity contribution in [3.8, 4) is 0 Å². The maximum Gasteiger partial charge on any atom is 0.164 e. The van der Waals surface area contributed by atoms with Gasteiger partial charge in [-0.05, 0) is 19.3 Å². The van der Waals surface area contributed by atoms with Crippen molar-refractivity contribution < 1.29 is 9.53 Å². The van der Waals surface area contributed by atoms with Gasteiger partial charge < -0.3 is 4.74 Å². The average molecular weight is 212 g/mol. The molecule has 0 aromatic rings. The minimum Gasteiger partial charge on any atom is -0.370 e. The molecule has 0 saturated heterocycles. The Hall–Kier alpha value is -0.370. The van der Waals surface area contributed by atoms with Gasteiger partial charge in [-0.25, -0.2) is 0 Å². The van der Waals surface area contributed by atoms with Crippen LogP contribution in [-0.4, -0.2) is 18.5 Å². The molecular weight excluding hydrogens is 188 g/mol. The van der Waals surface area contributed by atoms with E-state index in [9.17, 15) is 4.79 Å². The van der Waals surface area contributed by atoms with Crippen LogP contribution >= 0.6 is 0 Å². The van der Waals surface area contributed by atoms with Gasteiger partial charge in [-0.15, -0.1) is 0 Å². The standard InChI is InChI=1S/C13H24O2/c1-3-4-9-12(14)13(15-2)10-7-5-6-8-11-13/h3-11H2,1-2H3. The van der Waals surface area contributed by atoms with Crippen molar-refractivity contribution in [1.29, 1.82) is 0 Å². The lowest BCUT2D eigenvalue weighted by Gasteiger charge is -2.29. The Balaban J connectivity index is 2.59. The van der Waals surface area contributed by atoms with Crippen molar-refractivity contribution in [2.75, 3.05) is 7.11 Å². The lowest BCUT2D eigenvalue weighted by molar-refractivity contribution is -0.142. The minimum absolute atomic E-state index is 0.341. The minimum atomic E-state index is -0.425. The van der Waals surface area contributed by atoms with Crippen LogP contribution in [0.4, 0.5) is 0 Å². The molecule has 0 bridgehead atoms. The molecule has 2 nitrogen and oxygen atoms in total. The van der Waals surface area contributed by atoms with Crippen molar-refractivity contribution in [3.05, 3.63) is 0 Å². The van der Waals surface area contributed by atoms with Crippen molar-refractivity contribution in [2.45, 2.75) is 70.3 Å². The van der Waals surface area contributed by atoms with Crippen LogP contribution in [0.25, 0.3) is 0 Å². The third kappa shape index (κ3) is 3.30. The molecule has 0 unspecified atom stereocenters. The Kier molecular flexibility index (Phi) is 5.30. The van der Waals surface area contributed by atoms with Crippen LogP contribution in [0.2, 0.25) is 0 Å². The van der Waals surface area contributed by atoms with E-state index in [0.29, 0.717) is 12.2 Å². The Morgan fingerprint density at radius 2 is 1.80 bits per heavy atom. The van der Waals surface area contributed by atoms with Crippen LogP contribution in [0.1, 0.15) is 64.7 Å². The summed E-state index contributed by atoms with van der Waals surface area (Å²) in [5.41, 5.74) is -0.425. The molecule has 1 rings (SSSR count). The molecule has 0 N–H and O–H groups in total. The highest BCUT2D eigenvalue weighted by Gasteiger charge is 2.37. The van der Waals surface area contributed by atoms with E-state index >= 15 is 0 Å². The van der Waals surface area contributed by atoms with E-state index < -0.39 is 5.60 Å². The first-order valence-electron chi connectivity index (χ1n) is 6.33. The van der Waals surface area contributed by atoms with E-state index in [4.69, 9.17) is 4.74 Å². The highest BCUT2D eigenvalue weighted by atomic mass is 16.5. The van der Waals surface area contributed by atoms with E-state index in [1.54, 1.807) is 7.11 Å². The number of hydrogen-bond donors (Lipinski definition) is 0. The van der Waals surface area contributed by atoms with Gasteiger partial charge in [-0.2, -0.15) is 0 Å². The summed E-state index contributed by atoms with van der Waals surface area (Å²) in [7, 11) is 1.70. The third-order valence-electron chi connectivity index (χ3n) is 3.57. The molecule has 0 aromatic carbocycles. The number of ketones is 1. The van der Waals surface area contributed by atoms with Gasteiger partial charge in [0.25, 0.3) is 0 Å². The Morgan fingerprint density at radius 3 is 2.27 bits per heavy atom. The van der Waals surface area contributed by atoms with Crippen LogP contribution in [-0.2, 0) is 9.53 Å². The Bertz CT molecular complexity index is 191. The summed E-state index contributed by atoms with van der Waals surface area (Å²) >= 11 is 0. The number of Topliss-reactive ketones (excluding diaryl/α,β-unsaturated/α-hetero) is 1. The zero-order chi connectivity index (χ0) is 11.1. The largest absolute Gasteiger partial charge is 0.370 e. The van der Waals surface area contributed by atoms with E-state index in [-0.39, 0.29) is 0 Å². The summed E-state index contributed by atoms with van der Waals surface area (Å²) in [5.74, 6) is 0.341. The maximum atomic E-state index is 12.1. The molecule has 0 radical (unpaired) electrons. The molecule has 0 spiro atoms. The fourth-order valence-electron chi connectivity index (χ4n) is 2.46. The van der Waals surface area contributed by atoms with E-state index in [1.165, 1.54) is 12.8 Å². The van der Waals surface area contributed by atoms with Gasteiger partial charge in [-0.1, -0.05) is 39.0 Å². The monoisotopic (exact) mass is 212 g/mol. The van der Waals surface area contributed by atoms with Gasteiger partial charge in [0.05, 0.1) is 0 Å². The first-order chi connectivity index (χ1) is 7.25. The van der Waals surface area contributed by atoms with E-state index in [2.05, 4.69) is 6.92 Å². The van der Waals surface area contributed by atoms with Crippen molar-refractivity contribution in [1.82, 2.24) is 0 Å². The molecule has 1 fully saturated rings. The average Bonchev–Trinajstić information content (AvgIpc) is 2.52. The fraction of sp³-hybridized carbons (Fsp3) is 0.923. The molecule has 15 heavy (non-hydrogen) atoms. The number of carbonyl (C=O) groups excluding carboxylic acids is 1. The zero-order valence-electron chi connectivity index (χ0n) is 10.2. The van der Waals surface area contributed by atoms with Crippen LogP contribution in [0.5, 0.6) is 0 Å². The molecule has 88 valence electrons. The number of unbranched alkanes of at least 4 members (excludes halogenated alkanes) is 1. The second kappa shape index (κ2) is 6.26. The lowest BCUT2D eigenvalue weighted by Crippen LogP contribution is -2.40. The molecule has 2 heteroatoms. The number of ether oxygens (including phenoxy) is 1. The normalized spacial score (nSPS) is 20.9. The van der Waals surface area contributed by atoms with Crippen molar-refractivity contribution >= 4 is 5.78 Å². The number of methoxy groups -OCH3 is 1. The van der Waals surface area contributed by atoms with Gasteiger partial charge in [0.15, 0.2) is 5.78 Å². The van der Waals surface area contributed by atoms with E-state index in [1.807, 2.05) is 0 Å². The van der Waals surface area contributed by atoms with Crippen LogP contribution in [0, 0.1) is 0 Å². The van der Waals surface area contributed by atoms with Crippen LogP contribution in [0.15, 0.2) is 0 Å². The quantitative estimate of drug-likeness (QED) is 0.652. The molecule has 1 aliphatic carbocycles. The number of hydrogen-bond acceptors (Lipinski definition) is 2. The SMILES string of the molecule is CCCCC(=O)C1(OC)CCCCCC1. The molecule has 0 amide bonds. The summed E-state index contributed by atoms with van der Waals surface area (Å²) in [6.07, 6.45) is 9.47. The first-order valence-corrected chi connectivity index (χ1v) is 6.33. The summed E-state index contributed by atoms with van der Waals surface area (Å²) < 4.78 is 5.57. The topological polar surface area (TPSA) is 26.3 Å². The van der Waals surface area contributed by atoms with Crippen molar-refractivity contribution in [2.24, 2.45) is 0 Å². The van der Waals surface area contributed by atoms with Gasteiger partial charge in [-0.3, -0.25) is 4.79 Å². The van der Waals surface area contributed by atoms with Crippen LogP contribution in [0.3, 0.4) is 0 Å². The summed E-state index contributed by atoms with van der Waals surface area (Å²) in [5, 5.41) is 0. The Morgan fingerprint density at radius 1 is 1.20 bits per heavy atom. The summed E-state index contributed by atoms with van der Waals surface area (Å²) in [6.45, 7) is 2.12. The van der Waals surface area contributed by atoms with Gasteiger partial charge in [0.2, 0.25) is 0 Å².